The molecule has 0 N–H and O–H groups in total. The van der Waals surface area contributed by atoms with Crippen LogP contribution in [0.3, 0.4) is 0 Å². The van der Waals surface area contributed by atoms with Gasteiger partial charge in [-0.1, -0.05) is 6.92 Å². The normalized spacial score (nSPS) is 14.9. The van der Waals surface area contributed by atoms with Crippen LogP contribution in [-0.2, 0) is 13.0 Å². The molecule has 0 atom stereocenters. The van der Waals surface area contributed by atoms with Crippen LogP contribution in [0.5, 0.6) is 11.5 Å². The summed E-state index contributed by atoms with van der Waals surface area (Å²) in [5, 5.41) is 0. The number of ether oxygens (including phenoxy) is 2. The number of nitrogens with zero attached hydrogens (tertiary/aromatic N) is 3. The van der Waals surface area contributed by atoms with Crippen molar-refractivity contribution in [1.82, 2.24) is 14.5 Å². The van der Waals surface area contributed by atoms with Gasteiger partial charge in [0.1, 0.15) is 5.82 Å². The van der Waals surface area contributed by atoms with Gasteiger partial charge < -0.3 is 18.9 Å². The third-order valence-electron chi connectivity index (χ3n) is 5.26. The summed E-state index contributed by atoms with van der Waals surface area (Å²) in [5.41, 5.74) is 0.660. The first-order valence-electron chi connectivity index (χ1n) is 10.3. The Hall–Kier alpha value is -2.50. The minimum Gasteiger partial charge on any atom is -0.490 e. The zero-order valence-electron chi connectivity index (χ0n) is 17.2. The molecule has 1 fully saturated rings. The Morgan fingerprint density at radius 2 is 1.82 bits per heavy atom. The van der Waals surface area contributed by atoms with E-state index in [0.29, 0.717) is 36.2 Å². The van der Waals surface area contributed by atoms with E-state index in [9.17, 15) is 4.79 Å². The first-order valence-corrected chi connectivity index (χ1v) is 10.3. The number of hydrogen-bond donors (Lipinski definition) is 0. The van der Waals surface area contributed by atoms with Crippen molar-refractivity contribution in [1.29, 1.82) is 0 Å². The molecule has 1 amide bonds. The molecule has 0 unspecified atom stereocenters. The molecule has 3 rings (SSSR count). The average Bonchev–Trinajstić information content (AvgIpc) is 3.17. The number of piperidine rings is 1. The lowest BCUT2D eigenvalue weighted by Crippen LogP contribution is -2.39. The van der Waals surface area contributed by atoms with E-state index < -0.39 is 0 Å². The number of likely N-dealkylation sites (tertiary alicyclic amines) is 1. The molecule has 152 valence electrons. The molecule has 0 bridgehead atoms. The highest BCUT2D eigenvalue weighted by molar-refractivity contribution is 5.95. The molecule has 1 aliphatic heterocycles. The molecule has 1 aliphatic rings. The highest BCUT2D eigenvalue weighted by Gasteiger charge is 2.25. The van der Waals surface area contributed by atoms with E-state index in [1.807, 2.05) is 43.1 Å². The molecule has 28 heavy (non-hydrogen) atoms. The van der Waals surface area contributed by atoms with Crippen LogP contribution in [0.4, 0.5) is 0 Å². The number of aromatic nitrogens is 2. The van der Waals surface area contributed by atoms with Gasteiger partial charge in [-0.3, -0.25) is 4.79 Å². The van der Waals surface area contributed by atoms with Crippen molar-refractivity contribution in [2.75, 3.05) is 26.3 Å². The second kappa shape index (κ2) is 9.62. The largest absolute Gasteiger partial charge is 0.490 e. The number of hydrogen-bond acceptors (Lipinski definition) is 4. The number of aryl methyl sites for hydroxylation is 1. The number of carbonyl (C=O) groups excluding carboxylic acids is 1. The third-order valence-corrected chi connectivity index (χ3v) is 5.26. The molecule has 6 nitrogen and oxygen atoms in total. The zero-order chi connectivity index (χ0) is 19.9. The summed E-state index contributed by atoms with van der Waals surface area (Å²) in [5.74, 6) is 3.11. The molecule has 2 aromatic rings. The van der Waals surface area contributed by atoms with Gasteiger partial charge >= 0.3 is 0 Å². The Kier molecular flexibility index (Phi) is 6.95. The summed E-state index contributed by atoms with van der Waals surface area (Å²) in [6.45, 7) is 9.67. The van der Waals surface area contributed by atoms with Crippen LogP contribution >= 0.6 is 0 Å². The molecule has 0 radical (unpaired) electrons. The lowest BCUT2D eigenvalue weighted by Gasteiger charge is -2.32. The molecular weight excluding hydrogens is 354 g/mol. The zero-order valence-corrected chi connectivity index (χ0v) is 17.2. The van der Waals surface area contributed by atoms with Gasteiger partial charge in [0.15, 0.2) is 11.5 Å². The van der Waals surface area contributed by atoms with Crippen LogP contribution in [0.2, 0.25) is 0 Å². The van der Waals surface area contributed by atoms with E-state index in [0.717, 1.165) is 44.7 Å². The maximum atomic E-state index is 13.0. The van der Waals surface area contributed by atoms with Gasteiger partial charge in [-0.25, -0.2) is 4.98 Å². The maximum absolute atomic E-state index is 13.0. The van der Waals surface area contributed by atoms with Crippen molar-refractivity contribution in [2.45, 2.75) is 46.6 Å². The van der Waals surface area contributed by atoms with Gasteiger partial charge in [-0.05, 0) is 50.8 Å². The van der Waals surface area contributed by atoms with Crippen LogP contribution in [0, 0.1) is 5.92 Å². The summed E-state index contributed by atoms with van der Waals surface area (Å²) < 4.78 is 13.5. The van der Waals surface area contributed by atoms with Crippen molar-refractivity contribution < 1.29 is 14.3 Å². The van der Waals surface area contributed by atoms with Crippen LogP contribution in [-0.4, -0.2) is 46.7 Å². The first-order chi connectivity index (χ1) is 13.7. The van der Waals surface area contributed by atoms with Crippen molar-refractivity contribution in [3.05, 3.63) is 42.0 Å². The van der Waals surface area contributed by atoms with Gasteiger partial charge in [0.2, 0.25) is 0 Å². The van der Waals surface area contributed by atoms with E-state index in [2.05, 4.69) is 22.7 Å². The first kappa shape index (κ1) is 20.2. The molecular formula is C22H31N3O3. The second-order valence-electron chi connectivity index (χ2n) is 7.11. The quantitative estimate of drug-likeness (QED) is 0.694. The highest BCUT2D eigenvalue weighted by atomic mass is 16.5. The van der Waals surface area contributed by atoms with Crippen molar-refractivity contribution >= 4 is 5.91 Å². The van der Waals surface area contributed by atoms with Crippen LogP contribution in [0.1, 0.15) is 49.8 Å². The fourth-order valence-corrected chi connectivity index (χ4v) is 3.78. The van der Waals surface area contributed by atoms with Crippen LogP contribution in [0.25, 0.3) is 0 Å². The van der Waals surface area contributed by atoms with E-state index in [-0.39, 0.29) is 5.91 Å². The Morgan fingerprint density at radius 1 is 1.11 bits per heavy atom. The Labute approximate surface area is 167 Å². The highest BCUT2D eigenvalue weighted by Crippen LogP contribution is 2.30. The second-order valence-corrected chi connectivity index (χ2v) is 7.11. The van der Waals surface area contributed by atoms with Crippen molar-refractivity contribution in [2.24, 2.45) is 5.92 Å². The number of benzene rings is 1. The molecule has 0 spiro atoms. The van der Waals surface area contributed by atoms with Gasteiger partial charge in [0.25, 0.3) is 5.91 Å². The fourth-order valence-electron chi connectivity index (χ4n) is 3.78. The number of rotatable bonds is 8. The van der Waals surface area contributed by atoms with E-state index in [4.69, 9.17) is 9.47 Å². The monoisotopic (exact) mass is 385 g/mol. The molecule has 1 aromatic carbocycles. The number of imidazole rings is 1. The summed E-state index contributed by atoms with van der Waals surface area (Å²) in [7, 11) is 0. The van der Waals surface area contributed by atoms with E-state index in [1.54, 1.807) is 0 Å². The maximum Gasteiger partial charge on any atom is 0.253 e. The van der Waals surface area contributed by atoms with Crippen LogP contribution in [0.15, 0.2) is 30.6 Å². The lowest BCUT2D eigenvalue weighted by atomic mass is 9.96. The van der Waals surface area contributed by atoms with Crippen molar-refractivity contribution in [3.8, 4) is 11.5 Å². The molecule has 6 heteroatoms. The summed E-state index contributed by atoms with van der Waals surface area (Å²) in [4.78, 5) is 19.3. The average molecular weight is 386 g/mol. The molecule has 0 aliphatic carbocycles. The van der Waals surface area contributed by atoms with Gasteiger partial charge in [-0.15, -0.1) is 0 Å². The lowest BCUT2D eigenvalue weighted by molar-refractivity contribution is 0.0682. The molecule has 0 saturated carbocycles. The number of carbonyl (C=O) groups is 1. The Balaban J connectivity index is 1.61. The Bertz CT molecular complexity index is 779. The van der Waals surface area contributed by atoms with E-state index >= 15 is 0 Å². The Morgan fingerprint density at radius 3 is 2.50 bits per heavy atom. The topological polar surface area (TPSA) is 56.6 Å². The summed E-state index contributed by atoms with van der Waals surface area (Å²) in [6.07, 6.45) is 6.92. The fraction of sp³-hybridized carbons (Fsp3) is 0.545. The van der Waals surface area contributed by atoms with Crippen molar-refractivity contribution in [3.63, 3.8) is 0 Å². The predicted octanol–water partition coefficient (Wildman–Crippen LogP) is 3.80. The molecule has 1 saturated heterocycles. The molecule has 2 heterocycles. The van der Waals surface area contributed by atoms with E-state index in [1.165, 1.54) is 0 Å². The molecule has 1 aromatic heterocycles. The SMILES string of the molecule is CCOc1ccc(C(=O)N2CCC(Cn3ccnc3CC)CC2)cc1OCC. The van der Waals surface area contributed by atoms with Crippen LogP contribution < -0.4 is 9.47 Å². The third kappa shape index (κ3) is 4.66. The smallest absolute Gasteiger partial charge is 0.253 e. The standard InChI is InChI=1S/C22H31N3O3/c1-4-21-23-11-14-25(21)16-17-9-12-24(13-10-17)22(26)18-7-8-19(27-5-2)20(15-18)28-6-3/h7-8,11,14-15,17H,4-6,9-10,12-13,16H2,1-3H3. The van der Waals surface area contributed by atoms with Gasteiger partial charge in [-0.2, -0.15) is 0 Å². The number of amides is 1. The minimum atomic E-state index is 0.0688. The van der Waals surface area contributed by atoms with Gasteiger partial charge in [0.05, 0.1) is 13.2 Å². The van der Waals surface area contributed by atoms with Gasteiger partial charge in [0, 0.05) is 44.0 Å². The minimum absolute atomic E-state index is 0.0688. The summed E-state index contributed by atoms with van der Waals surface area (Å²) >= 11 is 0. The predicted molar refractivity (Wildman–Crippen MR) is 109 cm³/mol. The summed E-state index contributed by atoms with van der Waals surface area (Å²) in [6, 6.07) is 5.47.